The summed E-state index contributed by atoms with van der Waals surface area (Å²) < 4.78 is 23.0. The third-order valence-electron chi connectivity index (χ3n) is 3.42. The Labute approximate surface area is 117 Å². The Kier molecular flexibility index (Phi) is 4.39. The summed E-state index contributed by atoms with van der Waals surface area (Å²) in [5, 5.41) is 2.67. The highest BCUT2D eigenvalue weighted by Crippen LogP contribution is 2.20. The Morgan fingerprint density at radius 3 is 2.79 bits per heavy atom. The highest BCUT2D eigenvalue weighted by Gasteiger charge is 2.37. The van der Waals surface area contributed by atoms with Crippen molar-refractivity contribution in [3.8, 4) is 0 Å². The summed E-state index contributed by atoms with van der Waals surface area (Å²) in [7, 11) is -3.01. The molecular weight excluding hydrogens is 288 g/mol. The van der Waals surface area contributed by atoms with Crippen LogP contribution >= 0.6 is 11.8 Å². The molecule has 1 N–H and O–H groups in total. The number of thioether (sulfide) groups is 1. The molecule has 2 unspecified atom stereocenters. The topological polar surface area (TPSA) is 83.6 Å². The molecule has 108 valence electrons. The fraction of sp³-hybridized carbons (Fsp3) is 0.818. The van der Waals surface area contributed by atoms with Crippen molar-refractivity contribution in [3.63, 3.8) is 0 Å². The lowest BCUT2D eigenvalue weighted by Gasteiger charge is -2.32. The number of nitrogens with zero attached hydrogens (tertiary/aromatic N) is 1. The molecule has 0 aliphatic carbocycles. The Morgan fingerprint density at radius 1 is 1.53 bits per heavy atom. The fourth-order valence-corrected chi connectivity index (χ4v) is 5.07. The van der Waals surface area contributed by atoms with Gasteiger partial charge in [0.15, 0.2) is 9.84 Å². The molecule has 2 rings (SSSR count). The molecule has 8 heteroatoms. The highest BCUT2D eigenvalue weighted by atomic mass is 32.2. The van der Waals surface area contributed by atoms with E-state index in [9.17, 15) is 18.0 Å². The largest absolute Gasteiger partial charge is 0.343 e. The van der Waals surface area contributed by atoms with Gasteiger partial charge >= 0.3 is 0 Å². The first-order chi connectivity index (χ1) is 8.93. The summed E-state index contributed by atoms with van der Waals surface area (Å²) in [5.74, 6) is 0.830. The van der Waals surface area contributed by atoms with Gasteiger partial charge in [-0.25, -0.2) is 8.42 Å². The molecule has 2 aliphatic rings. The van der Waals surface area contributed by atoms with Crippen LogP contribution in [-0.2, 0) is 19.4 Å². The average Bonchev–Trinajstić information content (AvgIpc) is 2.70. The molecule has 0 spiro atoms. The molecule has 2 saturated heterocycles. The lowest BCUT2D eigenvalue weighted by atomic mass is 10.2. The maximum absolute atomic E-state index is 12.4. The van der Waals surface area contributed by atoms with Gasteiger partial charge < -0.3 is 10.2 Å². The maximum Gasteiger partial charge on any atom is 0.246 e. The maximum atomic E-state index is 12.4. The first kappa shape index (κ1) is 14.6. The minimum atomic E-state index is -3.01. The SMILES string of the molecule is CCN(C(=O)C1CSCC(=O)N1)C1CCS(=O)(=O)C1. The highest BCUT2D eigenvalue weighted by molar-refractivity contribution is 8.00. The predicted octanol–water partition coefficient (Wildman–Crippen LogP) is -0.746. The fourth-order valence-electron chi connectivity index (χ4n) is 2.50. The van der Waals surface area contributed by atoms with E-state index in [1.807, 2.05) is 6.92 Å². The molecule has 2 heterocycles. The lowest BCUT2D eigenvalue weighted by molar-refractivity contribution is -0.137. The van der Waals surface area contributed by atoms with Gasteiger partial charge in [0, 0.05) is 18.3 Å². The van der Waals surface area contributed by atoms with Crippen LogP contribution < -0.4 is 5.32 Å². The molecule has 19 heavy (non-hydrogen) atoms. The van der Waals surface area contributed by atoms with E-state index in [0.717, 1.165) is 0 Å². The summed E-state index contributed by atoms with van der Waals surface area (Å²) in [6.07, 6.45) is 0.496. The van der Waals surface area contributed by atoms with Crippen molar-refractivity contribution in [2.24, 2.45) is 0 Å². The van der Waals surface area contributed by atoms with Crippen molar-refractivity contribution in [2.45, 2.75) is 25.4 Å². The monoisotopic (exact) mass is 306 g/mol. The smallest absolute Gasteiger partial charge is 0.246 e. The summed E-state index contributed by atoms with van der Waals surface area (Å²) in [5.41, 5.74) is 0. The molecule has 0 aromatic rings. The van der Waals surface area contributed by atoms with Crippen LogP contribution in [0.15, 0.2) is 0 Å². The van der Waals surface area contributed by atoms with E-state index < -0.39 is 15.9 Å². The predicted molar refractivity (Wildman–Crippen MR) is 73.7 cm³/mol. The summed E-state index contributed by atoms with van der Waals surface area (Å²) >= 11 is 1.43. The molecular formula is C11H18N2O4S2. The van der Waals surface area contributed by atoms with Gasteiger partial charge in [0.05, 0.1) is 17.3 Å². The van der Waals surface area contributed by atoms with Crippen molar-refractivity contribution in [1.82, 2.24) is 10.2 Å². The summed E-state index contributed by atoms with van der Waals surface area (Å²) in [6.45, 7) is 2.30. The van der Waals surface area contributed by atoms with Gasteiger partial charge in [-0.1, -0.05) is 0 Å². The number of hydrogen-bond donors (Lipinski definition) is 1. The quantitative estimate of drug-likeness (QED) is 0.742. The second-order valence-electron chi connectivity index (χ2n) is 4.82. The van der Waals surface area contributed by atoms with Gasteiger partial charge in [0.25, 0.3) is 0 Å². The molecule has 0 aromatic carbocycles. The van der Waals surface area contributed by atoms with E-state index in [1.54, 1.807) is 4.90 Å². The summed E-state index contributed by atoms with van der Waals surface area (Å²) in [6, 6.07) is -0.763. The zero-order chi connectivity index (χ0) is 14.0. The van der Waals surface area contributed by atoms with Gasteiger partial charge in [0.2, 0.25) is 11.8 Å². The number of amides is 2. The number of rotatable bonds is 3. The number of likely N-dealkylation sites (N-methyl/N-ethyl adjacent to an activating group) is 1. The van der Waals surface area contributed by atoms with E-state index in [4.69, 9.17) is 0 Å². The van der Waals surface area contributed by atoms with Gasteiger partial charge in [-0.2, -0.15) is 0 Å². The van der Waals surface area contributed by atoms with Crippen molar-refractivity contribution in [3.05, 3.63) is 0 Å². The third-order valence-corrected chi connectivity index (χ3v) is 6.21. The molecule has 0 bridgehead atoms. The van der Waals surface area contributed by atoms with Crippen LogP contribution in [0.25, 0.3) is 0 Å². The van der Waals surface area contributed by atoms with Gasteiger partial charge in [-0.15, -0.1) is 11.8 Å². The number of nitrogens with one attached hydrogen (secondary N) is 1. The second-order valence-corrected chi connectivity index (χ2v) is 8.08. The van der Waals surface area contributed by atoms with Crippen LogP contribution in [0.1, 0.15) is 13.3 Å². The van der Waals surface area contributed by atoms with Crippen LogP contribution in [0.5, 0.6) is 0 Å². The molecule has 0 aromatic heterocycles. The van der Waals surface area contributed by atoms with Crippen molar-refractivity contribution < 1.29 is 18.0 Å². The third kappa shape index (κ3) is 3.42. The number of carbonyl (C=O) groups excluding carboxylic acids is 2. The molecule has 0 saturated carbocycles. The number of sulfone groups is 1. The second kappa shape index (κ2) is 5.70. The molecule has 2 fully saturated rings. The van der Waals surface area contributed by atoms with E-state index in [2.05, 4.69) is 5.32 Å². The minimum Gasteiger partial charge on any atom is -0.343 e. The zero-order valence-electron chi connectivity index (χ0n) is 10.8. The van der Waals surface area contributed by atoms with E-state index in [0.29, 0.717) is 24.5 Å². The van der Waals surface area contributed by atoms with Crippen LogP contribution in [0, 0.1) is 0 Å². The zero-order valence-corrected chi connectivity index (χ0v) is 12.4. The van der Waals surface area contributed by atoms with Gasteiger partial charge in [-0.3, -0.25) is 9.59 Å². The first-order valence-electron chi connectivity index (χ1n) is 6.31. The Morgan fingerprint density at radius 2 is 2.26 bits per heavy atom. The normalized spacial score (nSPS) is 29.8. The minimum absolute atomic E-state index is 0.0421. The molecule has 2 atom stereocenters. The van der Waals surface area contributed by atoms with Gasteiger partial charge in [0.1, 0.15) is 6.04 Å². The molecule has 2 aliphatic heterocycles. The van der Waals surface area contributed by atoms with Crippen LogP contribution in [0.3, 0.4) is 0 Å². The van der Waals surface area contributed by atoms with Crippen LogP contribution in [0.2, 0.25) is 0 Å². The number of carbonyl (C=O) groups is 2. The number of hydrogen-bond acceptors (Lipinski definition) is 5. The van der Waals surface area contributed by atoms with Crippen molar-refractivity contribution >= 4 is 33.4 Å². The van der Waals surface area contributed by atoms with Gasteiger partial charge in [-0.05, 0) is 13.3 Å². The Hall–Kier alpha value is -0.760. The summed E-state index contributed by atoms with van der Waals surface area (Å²) in [4.78, 5) is 25.3. The first-order valence-corrected chi connectivity index (χ1v) is 9.28. The lowest BCUT2D eigenvalue weighted by Crippen LogP contribution is -2.55. The average molecular weight is 306 g/mol. The molecule has 0 radical (unpaired) electrons. The van der Waals surface area contributed by atoms with E-state index in [1.165, 1.54) is 11.8 Å². The Bertz CT molecular complexity index is 477. The molecule has 2 amide bonds. The van der Waals surface area contributed by atoms with Crippen molar-refractivity contribution in [1.29, 1.82) is 0 Å². The van der Waals surface area contributed by atoms with E-state index in [-0.39, 0.29) is 29.4 Å². The van der Waals surface area contributed by atoms with Crippen LogP contribution in [-0.4, -0.2) is 66.8 Å². The Balaban J connectivity index is 2.05. The van der Waals surface area contributed by atoms with Crippen molar-refractivity contribution in [2.75, 3.05) is 29.6 Å². The standard InChI is InChI=1S/C11H18N2O4S2/c1-2-13(8-3-4-19(16,17)7-8)11(15)9-5-18-6-10(14)12-9/h8-9H,2-7H2,1H3,(H,12,14). The van der Waals surface area contributed by atoms with E-state index >= 15 is 0 Å². The molecule has 6 nitrogen and oxygen atoms in total. The van der Waals surface area contributed by atoms with Crippen LogP contribution in [0.4, 0.5) is 0 Å².